The van der Waals surface area contributed by atoms with E-state index in [2.05, 4.69) is 24.4 Å². The highest BCUT2D eigenvalue weighted by Crippen LogP contribution is 2.61. The van der Waals surface area contributed by atoms with Gasteiger partial charge in [0.05, 0.1) is 0 Å². The predicted molar refractivity (Wildman–Crippen MR) is 111 cm³/mol. The average molecular weight is 378 g/mol. The molecule has 0 radical (unpaired) electrons. The number of phenols is 2. The van der Waals surface area contributed by atoms with Crippen molar-refractivity contribution in [2.45, 2.75) is 64.0 Å². The van der Waals surface area contributed by atoms with Gasteiger partial charge in [-0.3, -0.25) is 0 Å². The second-order valence-corrected chi connectivity index (χ2v) is 9.52. The lowest BCUT2D eigenvalue weighted by Gasteiger charge is -2.51. The normalized spacial score (nSPS) is 33.8. The van der Waals surface area contributed by atoms with E-state index in [1.165, 1.54) is 43.2 Å². The van der Waals surface area contributed by atoms with E-state index in [1.807, 2.05) is 24.3 Å². The molecule has 0 bridgehead atoms. The summed E-state index contributed by atoms with van der Waals surface area (Å²) in [6.45, 7) is 3.35. The van der Waals surface area contributed by atoms with Crippen LogP contribution in [-0.4, -0.2) is 16.3 Å². The molecule has 0 aromatic heterocycles. The number of fused-ring (bicyclic) bond motifs is 5. The minimum absolute atomic E-state index is 0.349. The first-order valence-electron chi connectivity index (χ1n) is 10.9. The second kappa shape index (κ2) is 6.81. The molecule has 0 spiro atoms. The molecule has 148 valence electrons. The van der Waals surface area contributed by atoms with Gasteiger partial charge in [0.1, 0.15) is 11.5 Å². The summed E-state index contributed by atoms with van der Waals surface area (Å²) in [6.07, 6.45) is 7.49. The molecule has 0 aliphatic heterocycles. The molecule has 0 amide bonds. The van der Waals surface area contributed by atoms with E-state index < -0.39 is 0 Å². The number of rotatable bonds is 3. The Balaban J connectivity index is 1.33. The molecule has 2 saturated carbocycles. The van der Waals surface area contributed by atoms with Crippen LogP contribution in [-0.2, 0) is 13.0 Å². The van der Waals surface area contributed by atoms with E-state index in [0.717, 1.165) is 30.4 Å². The van der Waals surface area contributed by atoms with Crippen LogP contribution >= 0.6 is 0 Å². The van der Waals surface area contributed by atoms with Crippen LogP contribution in [0.1, 0.15) is 61.6 Å². The van der Waals surface area contributed by atoms with E-state index in [4.69, 9.17) is 0 Å². The smallest absolute Gasteiger partial charge is 0.115 e. The van der Waals surface area contributed by atoms with Crippen LogP contribution in [0.4, 0.5) is 0 Å². The SMILES string of the molecule is C[C@@]12CCC3c4ccc(O)cc4CCC3C1CC[C@@H]2NCc1cccc(O)c1. The minimum Gasteiger partial charge on any atom is -0.508 e. The van der Waals surface area contributed by atoms with Gasteiger partial charge in [0.2, 0.25) is 0 Å². The van der Waals surface area contributed by atoms with E-state index in [1.54, 1.807) is 6.07 Å². The molecule has 5 atom stereocenters. The minimum atomic E-state index is 0.349. The van der Waals surface area contributed by atoms with Crippen molar-refractivity contribution in [3.63, 3.8) is 0 Å². The summed E-state index contributed by atoms with van der Waals surface area (Å²) in [7, 11) is 0. The summed E-state index contributed by atoms with van der Waals surface area (Å²) in [4.78, 5) is 0. The Morgan fingerprint density at radius 1 is 1.00 bits per heavy atom. The van der Waals surface area contributed by atoms with E-state index >= 15 is 0 Å². The van der Waals surface area contributed by atoms with Crippen molar-refractivity contribution < 1.29 is 10.2 Å². The topological polar surface area (TPSA) is 52.5 Å². The average Bonchev–Trinajstić information content (AvgIpc) is 3.02. The molecule has 0 heterocycles. The third-order valence-corrected chi connectivity index (χ3v) is 8.17. The molecule has 3 aliphatic carbocycles. The number of aryl methyl sites for hydroxylation is 1. The summed E-state index contributed by atoms with van der Waals surface area (Å²) >= 11 is 0. The molecule has 5 rings (SSSR count). The number of benzene rings is 2. The van der Waals surface area contributed by atoms with Gasteiger partial charge < -0.3 is 15.5 Å². The summed E-state index contributed by atoms with van der Waals surface area (Å²) in [5.74, 6) is 3.00. The molecule has 3 N–H and O–H groups in total. The lowest BCUT2D eigenvalue weighted by atomic mass is 9.55. The highest BCUT2D eigenvalue weighted by Gasteiger charge is 2.54. The quantitative estimate of drug-likeness (QED) is 0.696. The van der Waals surface area contributed by atoms with Gasteiger partial charge in [0.15, 0.2) is 0 Å². The van der Waals surface area contributed by atoms with Crippen molar-refractivity contribution in [1.29, 1.82) is 0 Å². The third kappa shape index (κ3) is 2.91. The molecule has 2 aromatic carbocycles. The van der Waals surface area contributed by atoms with Crippen LogP contribution in [0, 0.1) is 17.3 Å². The fraction of sp³-hybridized carbons (Fsp3) is 0.520. The molecular weight excluding hydrogens is 346 g/mol. The molecule has 2 aromatic rings. The monoisotopic (exact) mass is 377 g/mol. The number of hydrogen-bond acceptors (Lipinski definition) is 3. The molecule has 3 nitrogen and oxygen atoms in total. The first-order chi connectivity index (χ1) is 13.5. The fourth-order valence-corrected chi connectivity index (χ4v) is 6.81. The van der Waals surface area contributed by atoms with Gasteiger partial charge in [-0.15, -0.1) is 0 Å². The summed E-state index contributed by atoms with van der Waals surface area (Å²) in [5.41, 5.74) is 4.41. The molecule has 2 fully saturated rings. The maximum absolute atomic E-state index is 9.86. The largest absolute Gasteiger partial charge is 0.508 e. The Morgan fingerprint density at radius 2 is 1.86 bits per heavy atom. The van der Waals surface area contributed by atoms with Crippen molar-refractivity contribution in [2.24, 2.45) is 17.3 Å². The summed E-state index contributed by atoms with van der Waals surface area (Å²) in [6, 6.07) is 14.2. The maximum atomic E-state index is 9.86. The van der Waals surface area contributed by atoms with E-state index in [-0.39, 0.29) is 0 Å². The summed E-state index contributed by atoms with van der Waals surface area (Å²) in [5, 5.41) is 23.4. The number of hydrogen-bond donors (Lipinski definition) is 3. The van der Waals surface area contributed by atoms with Crippen molar-refractivity contribution >= 4 is 0 Å². The van der Waals surface area contributed by atoms with Gasteiger partial charge in [-0.1, -0.05) is 25.1 Å². The first kappa shape index (κ1) is 18.1. The Hall–Kier alpha value is -2.00. The van der Waals surface area contributed by atoms with Gasteiger partial charge in [0, 0.05) is 12.6 Å². The van der Waals surface area contributed by atoms with Crippen LogP contribution in [0.25, 0.3) is 0 Å². The molecule has 3 unspecified atom stereocenters. The van der Waals surface area contributed by atoms with Crippen molar-refractivity contribution in [3.8, 4) is 11.5 Å². The van der Waals surface area contributed by atoms with Crippen LogP contribution in [0.3, 0.4) is 0 Å². The van der Waals surface area contributed by atoms with Crippen LogP contribution in [0.5, 0.6) is 11.5 Å². The molecule has 3 heteroatoms. The zero-order valence-electron chi connectivity index (χ0n) is 16.7. The van der Waals surface area contributed by atoms with E-state index in [0.29, 0.717) is 28.9 Å². The van der Waals surface area contributed by atoms with Gasteiger partial charge >= 0.3 is 0 Å². The molecule has 3 aliphatic rings. The molecular formula is C25H31NO2. The highest BCUT2D eigenvalue weighted by molar-refractivity contribution is 5.40. The Labute approximate surface area is 167 Å². The highest BCUT2D eigenvalue weighted by atomic mass is 16.3. The van der Waals surface area contributed by atoms with Gasteiger partial charge in [0.25, 0.3) is 0 Å². The predicted octanol–water partition coefficient (Wildman–Crippen LogP) is 5.11. The van der Waals surface area contributed by atoms with Crippen LogP contribution in [0.2, 0.25) is 0 Å². The van der Waals surface area contributed by atoms with Crippen LogP contribution in [0.15, 0.2) is 42.5 Å². The standard InChI is InChI=1S/C25H31NO2/c1-25-12-11-21-20-8-6-19(28)14-17(20)5-7-22(21)23(25)9-10-24(25)26-15-16-3-2-4-18(27)13-16/h2-4,6,8,13-14,21-24,26-28H,5,7,9-12,15H2,1H3/t21?,22?,23?,24-,25+/m0/s1. The van der Waals surface area contributed by atoms with Crippen LogP contribution < -0.4 is 5.32 Å². The number of nitrogens with one attached hydrogen (secondary N) is 1. The van der Waals surface area contributed by atoms with Gasteiger partial charge in [-0.05, 0) is 103 Å². The van der Waals surface area contributed by atoms with Crippen molar-refractivity contribution in [2.75, 3.05) is 0 Å². The Morgan fingerprint density at radius 3 is 2.71 bits per heavy atom. The molecule has 28 heavy (non-hydrogen) atoms. The number of phenolic OH excluding ortho intramolecular Hbond substituents is 2. The zero-order valence-corrected chi connectivity index (χ0v) is 16.7. The third-order valence-electron chi connectivity index (χ3n) is 8.17. The lowest BCUT2D eigenvalue weighted by Crippen LogP contribution is -2.48. The number of aromatic hydroxyl groups is 2. The zero-order chi connectivity index (χ0) is 19.3. The van der Waals surface area contributed by atoms with Crippen molar-refractivity contribution in [1.82, 2.24) is 5.32 Å². The maximum Gasteiger partial charge on any atom is 0.115 e. The Kier molecular flexibility index (Phi) is 4.39. The van der Waals surface area contributed by atoms with Crippen molar-refractivity contribution in [3.05, 3.63) is 59.2 Å². The molecule has 0 saturated heterocycles. The van der Waals surface area contributed by atoms with Gasteiger partial charge in [-0.2, -0.15) is 0 Å². The lowest BCUT2D eigenvalue weighted by molar-refractivity contribution is 0.0408. The first-order valence-corrected chi connectivity index (χ1v) is 10.9. The van der Waals surface area contributed by atoms with E-state index in [9.17, 15) is 10.2 Å². The summed E-state index contributed by atoms with van der Waals surface area (Å²) < 4.78 is 0. The Bertz CT molecular complexity index is 879. The second-order valence-electron chi connectivity index (χ2n) is 9.52. The fourth-order valence-electron chi connectivity index (χ4n) is 6.81. The van der Waals surface area contributed by atoms with Gasteiger partial charge in [-0.25, -0.2) is 0 Å².